The van der Waals surface area contributed by atoms with Crippen LogP contribution < -0.4 is 0 Å². The topological polar surface area (TPSA) is 55.1 Å². The molecule has 112 valence electrons. The summed E-state index contributed by atoms with van der Waals surface area (Å²) >= 11 is 0. The van der Waals surface area contributed by atoms with Crippen molar-refractivity contribution in [2.24, 2.45) is 0 Å². The second-order valence-corrected chi connectivity index (χ2v) is 4.49. The molecule has 0 atom stereocenters. The molecule has 1 aromatic carbocycles. The molecule has 0 aliphatic carbocycles. The molecule has 21 heavy (non-hydrogen) atoms. The smallest absolute Gasteiger partial charge is 0.408 e. The average Bonchev–Trinajstić information content (AvgIpc) is 2.77. The molecule has 0 fully saturated rings. The van der Waals surface area contributed by atoms with E-state index in [1.54, 1.807) is 0 Å². The van der Waals surface area contributed by atoms with E-state index < -0.39 is 24.5 Å². The molecule has 4 nitrogen and oxygen atoms in total. The molecule has 0 aliphatic heterocycles. The second kappa shape index (κ2) is 5.19. The van der Waals surface area contributed by atoms with E-state index in [9.17, 15) is 22.4 Å². The molecule has 0 bridgehead atoms. The number of hydrogen-bond donors (Lipinski definition) is 1. The van der Waals surface area contributed by atoms with Gasteiger partial charge in [-0.25, -0.2) is 9.18 Å². The number of hydrogen-bond acceptors (Lipinski definition) is 2. The summed E-state index contributed by atoms with van der Waals surface area (Å²) in [6.07, 6.45) is -2.24. The third-order valence-electron chi connectivity index (χ3n) is 2.81. The van der Waals surface area contributed by atoms with Gasteiger partial charge < -0.3 is 5.11 Å². The summed E-state index contributed by atoms with van der Waals surface area (Å²) in [7, 11) is 0. The lowest BCUT2D eigenvalue weighted by Gasteiger charge is -2.07. The first-order valence-electron chi connectivity index (χ1n) is 5.80. The lowest BCUT2D eigenvalue weighted by molar-refractivity contribution is -0.142. The van der Waals surface area contributed by atoms with Crippen molar-refractivity contribution < 1.29 is 27.5 Å². The van der Waals surface area contributed by atoms with Gasteiger partial charge in [-0.05, 0) is 30.2 Å². The van der Waals surface area contributed by atoms with E-state index in [0.29, 0.717) is 4.68 Å². The Bertz CT molecular complexity index is 692. The number of aromatic nitrogens is 2. The van der Waals surface area contributed by atoms with Crippen LogP contribution in [0, 0.1) is 12.7 Å². The molecule has 0 unspecified atom stereocenters. The number of halogens is 4. The molecular weight excluding hydrogens is 292 g/mol. The predicted molar refractivity (Wildman–Crippen MR) is 65.4 cm³/mol. The highest BCUT2D eigenvalue weighted by Crippen LogP contribution is 2.27. The van der Waals surface area contributed by atoms with Gasteiger partial charge in [0.25, 0.3) is 0 Å². The van der Waals surface area contributed by atoms with Crippen LogP contribution in [-0.4, -0.2) is 27.0 Å². The normalized spacial score (nSPS) is 11.7. The van der Waals surface area contributed by atoms with Gasteiger partial charge in [-0.3, -0.25) is 4.68 Å². The van der Waals surface area contributed by atoms with Crippen LogP contribution in [-0.2, 0) is 6.54 Å². The fourth-order valence-electron chi connectivity index (χ4n) is 1.87. The molecule has 0 spiro atoms. The highest BCUT2D eigenvalue weighted by Gasteiger charge is 2.28. The number of benzene rings is 1. The number of carbonyl (C=O) groups is 1. The zero-order valence-corrected chi connectivity index (χ0v) is 10.8. The van der Waals surface area contributed by atoms with E-state index in [1.165, 1.54) is 13.0 Å². The van der Waals surface area contributed by atoms with Crippen molar-refractivity contribution in [1.82, 2.24) is 9.78 Å². The van der Waals surface area contributed by atoms with E-state index >= 15 is 0 Å². The van der Waals surface area contributed by atoms with Crippen molar-refractivity contribution in [3.63, 3.8) is 0 Å². The summed E-state index contributed by atoms with van der Waals surface area (Å²) in [5.74, 6) is -2.06. The summed E-state index contributed by atoms with van der Waals surface area (Å²) in [6.45, 7) is 0.153. The van der Waals surface area contributed by atoms with Crippen molar-refractivity contribution >= 4 is 5.97 Å². The Morgan fingerprint density at radius 2 is 2.05 bits per heavy atom. The van der Waals surface area contributed by atoms with Crippen molar-refractivity contribution in [1.29, 1.82) is 0 Å². The minimum atomic E-state index is -4.43. The van der Waals surface area contributed by atoms with E-state index in [0.717, 1.165) is 18.5 Å². The van der Waals surface area contributed by atoms with Gasteiger partial charge in [0, 0.05) is 11.8 Å². The van der Waals surface area contributed by atoms with Crippen molar-refractivity contribution in [3.05, 3.63) is 41.5 Å². The summed E-state index contributed by atoms with van der Waals surface area (Å²) in [5, 5.41) is 12.6. The van der Waals surface area contributed by atoms with Gasteiger partial charge in [0.05, 0.1) is 11.8 Å². The molecule has 1 heterocycles. The van der Waals surface area contributed by atoms with Crippen LogP contribution in [0.1, 0.15) is 15.9 Å². The van der Waals surface area contributed by atoms with Crippen molar-refractivity contribution in [2.45, 2.75) is 19.6 Å². The largest absolute Gasteiger partial charge is 0.478 e. The Morgan fingerprint density at radius 3 is 2.62 bits per heavy atom. The highest BCUT2D eigenvalue weighted by atomic mass is 19.4. The summed E-state index contributed by atoms with van der Waals surface area (Å²) in [5.41, 5.74) is 0.165. The maximum Gasteiger partial charge on any atom is 0.408 e. The third kappa shape index (κ3) is 3.39. The first kappa shape index (κ1) is 15.0. The van der Waals surface area contributed by atoms with Crippen molar-refractivity contribution in [3.8, 4) is 11.1 Å². The van der Waals surface area contributed by atoms with Crippen LogP contribution in [0.2, 0.25) is 0 Å². The van der Waals surface area contributed by atoms with E-state index in [2.05, 4.69) is 5.10 Å². The quantitative estimate of drug-likeness (QED) is 0.885. The maximum atomic E-state index is 13.4. The fraction of sp³-hybridized carbons (Fsp3) is 0.231. The van der Waals surface area contributed by atoms with Gasteiger partial charge in [0.2, 0.25) is 0 Å². The van der Waals surface area contributed by atoms with Gasteiger partial charge in [-0.2, -0.15) is 18.3 Å². The number of rotatable bonds is 3. The van der Waals surface area contributed by atoms with Crippen LogP contribution in [0.25, 0.3) is 11.1 Å². The SMILES string of the molecule is Cc1cc(-c2cnn(CC(F)(F)F)c2)c(C(=O)O)cc1F. The number of aryl methyl sites for hydroxylation is 1. The summed E-state index contributed by atoms with van der Waals surface area (Å²) < 4.78 is 50.9. The van der Waals surface area contributed by atoms with Crippen LogP contribution in [0.15, 0.2) is 24.5 Å². The van der Waals surface area contributed by atoms with Crippen LogP contribution in [0.4, 0.5) is 17.6 Å². The lowest BCUT2D eigenvalue weighted by Crippen LogP contribution is -2.17. The lowest BCUT2D eigenvalue weighted by atomic mass is 9.99. The fourth-order valence-corrected chi connectivity index (χ4v) is 1.87. The molecule has 0 saturated carbocycles. The van der Waals surface area contributed by atoms with Gasteiger partial charge in [0.1, 0.15) is 12.4 Å². The van der Waals surface area contributed by atoms with Crippen LogP contribution >= 0.6 is 0 Å². The number of carboxylic acid groups (broad SMARTS) is 1. The molecule has 1 aromatic heterocycles. The Hall–Kier alpha value is -2.38. The molecule has 1 N–H and O–H groups in total. The van der Waals surface area contributed by atoms with E-state index in [1.807, 2.05) is 0 Å². The molecule has 8 heteroatoms. The number of carboxylic acids is 1. The molecule has 0 aliphatic rings. The standard InChI is InChI=1S/C13H10F4N2O2/c1-7-2-9(10(12(20)21)3-11(7)14)8-4-18-19(5-8)6-13(15,16)17/h2-5H,6H2,1H3,(H,20,21). The number of aromatic carboxylic acids is 1. The average molecular weight is 302 g/mol. The van der Waals surface area contributed by atoms with Crippen molar-refractivity contribution in [2.75, 3.05) is 0 Å². The summed E-state index contributed by atoms with van der Waals surface area (Å²) in [6, 6.07) is 2.11. The predicted octanol–water partition coefficient (Wildman–Crippen LogP) is 3.26. The first-order chi connectivity index (χ1) is 9.67. The van der Waals surface area contributed by atoms with Gasteiger partial charge in [0.15, 0.2) is 0 Å². The number of nitrogens with zero attached hydrogens (tertiary/aromatic N) is 2. The van der Waals surface area contributed by atoms with Gasteiger partial charge in [-0.15, -0.1) is 0 Å². The zero-order chi connectivity index (χ0) is 15.8. The highest BCUT2D eigenvalue weighted by molar-refractivity contribution is 5.96. The Labute approximate surface area is 116 Å². The van der Waals surface area contributed by atoms with E-state index in [4.69, 9.17) is 5.11 Å². The maximum absolute atomic E-state index is 13.4. The van der Waals surface area contributed by atoms with E-state index in [-0.39, 0.29) is 22.3 Å². The number of alkyl halides is 3. The first-order valence-corrected chi connectivity index (χ1v) is 5.80. The van der Waals surface area contributed by atoms with Gasteiger partial charge in [-0.1, -0.05) is 0 Å². The Kier molecular flexibility index (Phi) is 3.71. The van der Waals surface area contributed by atoms with Gasteiger partial charge >= 0.3 is 12.1 Å². The Morgan fingerprint density at radius 1 is 1.38 bits per heavy atom. The van der Waals surface area contributed by atoms with Crippen LogP contribution in [0.5, 0.6) is 0 Å². The summed E-state index contributed by atoms with van der Waals surface area (Å²) in [4.78, 5) is 11.1. The zero-order valence-electron chi connectivity index (χ0n) is 10.8. The molecular formula is C13H10F4N2O2. The minimum Gasteiger partial charge on any atom is -0.478 e. The second-order valence-electron chi connectivity index (χ2n) is 4.49. The molecule has 0 amide bonds. The molecule has 2 aromatic rings. The molecule has 2 rings (SSSR count). The molecule has 0 saturated heterocycles. The Balaban J connectivity index is 2.47. The monoisotopic (exact) mass is 302 g/mol. The van der Waals surface area contributed by atoms with Crippen LogP contribution in [0.3, 0.4) is 0 Å². The minimum absolute atomic E-state index is 0.120. The third-order valence-corrected chi connectivity index (χ3v) is 2.81. The molecule has 0 radical (unpaired) electrons.